The van der Waals surface area contributed by atoms with Gasteiger partial charge in [-0.15, -0.1) is 0 Å². The van der Waals surface area contributed by atoms with Crippen molar-refractivity contribution in [3.63, 3.8) is 0 Å². The SMILES string of the molecule is COc1ccc(C(=O)N(C)c2ccccc2-c2ccccc2)cc1S(=O)(=O)NC(C)(C)C. The van der Waals surface area contributed by atoms with E-state index in [0.717, 1.165) is 16.8 Å². The van der Waals surface area contributed by atoms with E-state index in [1.165, 1.54) is 24.1 Å². The molecular weight excluding hydrogens is 424 g/mol. The lowest BCUT2D eigenvalue weighted by Gasteiger charge is -2.23. The molecule has 1 amide bonds. The number of nitrogens with zero attached hydrogens (tertiary/aromatic N) is 1. The van der Waals surface area contributed by atoms with Crippen LogP contribution in [0.4, 0.5) is 5.69 Å². The minimum atomic E-state index is -3.90. The Hall–Kier alpha value is -3.16. The molecule has 0 saturated heterocycles. The van der Waals surface area contributed by atoms with E-state index < -0.39 is 15.6 Å². The Morgan fingerprint density at radius 1 is 0.938 bits per heavy atom. The van der Waals surface area contributed by atoms with Crippen LogP contribution in [0.3, 0.4) is 0 Å². The lowest BCUT2D eigenvalue weighted by atomic mass is 10.0. The molecule has 0 spiro atoms. The number of benzene rings is 3. The molecule has 6 nitrogen and oxygen atoms in total. The normalized spacial score (nSPS) is 11.8. The minimum absolute atomic E-state index is 0.0782. The number of sulfonamides is 1. The van der Waals surface area contributed by atoms with Crippen molar-refractivity contribution in [3.05, 3.63) is 78.4 Å². The Labute approximate surface area is 189 Å². The first-order valence-electron chi connectivity index (χ1n) is 10.2. The van der Waals surface area contributed by atoms with Crippen molar-refractivity contribution in [3.8, 4) is 16.9 Å². The van der Waals surface area contributed by atoms with Gasteiger partial charge in [-0.1, -0.05) is 48.5 Å². The Kier molecular flexibility index (Phi) is 6.71. The Balaban J connectivity index is 2.03. The van der Waals surface area contributed by atoms with Crippen LogP contribution in [0, 0.1) is 0 Å². The summed E-state index contributed by atoms with van der Waals surface area (Å²) in [5.74, 6) is -0.158. The molecular formula is C25H28N2O4S. The predicted octanol–water partition coefficient (Wildman–Crippen LogP) is 4.72. The van der Waals surface area contributed by atoms with Gasteiger partial charge in [-0.3, -0.25) is 4.79 Å². The number of methoxy groups -OCH3 is 1. The molecule has 3 aromatic carbocycles. The molecule has 3 rings (SSSR count). The number of nitrogens with one attached hydrogen (secondary N) is 1. The lowest BCUT2D eigenvalue weighted by Crippen LogP contribution is -2.40. The number of hydrogen-bond acceptors (Lipinski definition) is 4. The van der Waals surface area contributed by atoms with Crippen LogP contribution in [0.1, 0.15) is 31.1 Å². The number of carbonyl (C=O) groups excluding carboxylic acids is 1. The highest BCUT2D eigenvalue weighted by molar-refractivity contribution is 7.89. The molecule has 0 aromatic heterocycles. The van der Waals surface area contributed by atoms with Crippen molar-refractivity contribution in [1.82, 2.24) is 4.72 Å². The zero-order valence-electron chi connectivity index (χ0n) is 18.9. The standard InChI is InChI=1S/C25H28N2O4S/c1-25(2,3)26-32(29,30)23-17-19(15-16-22(23)31-5)24(28)27(4)21-14-10-9-13-20(21)18-11-7-6-8-12-18/h6-17,26H,1-5H3. The zero-order valence-corrected chi connectivity index (χ0v) is 19.7. The molecule has 0 aliphatic rings. The third-order valence-corrected chi connectivity index (χ3v) is 6.57. The maximum atomic E-state index is 13.4. The van der Waals surface area contributed by atoms with E-state index in [0.29, 0.717) is 0 Å². The lowest BCUT2D eigenvalue weighted by molar-refractivity contribution is 0.0993. The third-order valence-electron chi connectivity index (χ3n) is 4.80. The summed E-state index contributed by atoms with van der Waals surface area (Å²) < 4.78 is 33.8. The first-order valence-corrected chi connectivity index (χ1v) is 11.7. The molecule has 0 atom stereocenters. The van der Waals surface area contributed by atoms with E-state index >= 15 is 0 Å². The maximum Gasteiger partial charge on any atom is 0.258 e. The smallest absolute Gasteiger partial charge is 0.258 e. The maximum absolute atomic E-state index is 13.4. The molecule has 0 heterocycles. The number of para-hydroxylation sites is 1. The van der Waals surface area contributed by atoms with Gasteiger partial charge in [0.2, 0.25) is 10.0 Å². The first kappa shape index (κ1) is 23.5. The Bertz CT molecular complexity index is 1220. The number of rotatable bonds is 6. The molecule has 0 unspecified atom stereocenters. The van der Waals surface area contributed by atoms with Gasteiger partial charge in [0.25, 0.3) is 5.91 Å². The topological polar surface area (TPSA) is 75.7 Å². The van der Waals surface area contributed by atoms with Gasteiger partial charge >= 0.3 is 0 Å². The van der Waals surface area contributed by atoms with Crippen LogP contribution in [0.2, 0.25) is 0 Å². The second kappa shape index (κ2) is 9.14. The molecule has 0 saturated carbocycles. The summed E-state index contributed by atoms with van der Waals surface area (Å²) in [5, 5.41) is 0. The van der Waals surface area contributed by atoms with E-state index in [2.05, 4.69) is 4.72 Å². The number of amides is 1. The van der Waals surface area contributed by atoms with Crippen LogP contribution in [-0.4, -0.2) is 34.0 Å². The molecule has 0 aliphatic heterocycles. The summed E-state index contributed by atoms with van der Waals surface area (Å²) in [7, 11) is -0.829. The second-order valence-electron chi connectivity index (χ2n) is 8.47. The average molecular weight is 453 g/mol. The fourth-order valence-electron chi connectivity index (χ4n) is 3.41. The molecule has 1 N–H and O–H groups in total. The average Bonchev–Trinajstić information content (AvgIpc) is 2.76. The van der Waals surface area contributed by atoms with Crippen LogP contribution in [0.25, 0.3) is 11.1 Å². The highest BCUT2D eigenvalue weighted by Gasteiger charge is 2.27. The van der Waals surface area contributed by atoms with Crippen molar-refractivity contribution >= 4 is 21.6 Å². The van der Waals surface area contributed by atoms with Crippen LogP contribution in [0.5, 0.6) is 5.75 Å². The van der Waals surface area contributed by atoms with Gasteiger partial charge in [0.15, 0.2) is 0 Å². The molecule has 7 heteroatoms. The van der Waals surface area contributed by atoms with Gasteiger partial charge < -0.3 is 9.64 Å². The molecule has 0 radical (unpaired) electrons. The number of hydrogen-bond donors (Lipinski definition) is 1. The van der Waals surface area contributed by atoms with Crippen molar-refractivity contribution < 1.29 is 17.9 Å². The van der Waals surface area contributed by atoms with Crippen LogP contribution >= 0.6 is 0 Å². The Morgan fingerprint density at radius 3 is 2.19 bits per heavy atom. The van der Waals surface area contributed by atoms with Gasteiger partial charge in [0.1, 0.15) is 10.6 Å². The van der Waals surface area contributed by atoms with E-state index in [1.54, 1.807) is 33.9 Å². The van der Waals surface area contributed by atoms with Crippen LogP contribution in [0.15, 0.2) is 77.7 Å². The van der Waals surface area contributed by atoms with Gasteiger partial charge in [-0.2, -0.15) is 0 Å². The minimum Gasteiger partial charge on any atom is -0.495 e. The molecule has 3 aromatic rings. The van der Waals surface area contributed by atoms with Crippen molar-refractivity contribution in [2.45, 2.75) is 31.2 Å². The molecule has 32 heavy (non-hydrogen) atoms. The monoisotopic (exact) mass is 452 g/mol. The second-order valence-corrected chi connectivity index (χ2v) is 10.1. The predicted molar refractivity (Wildman–Crippen MR) is 128 cm³/mol. The quantitative estimate of drug-likeness (QED) is 0.587. The number of ether oxygens (including phenoxy) is 1. The van der Waals surface area contributed by atoms with Crippen molar-refractivity contribution in [2.24, 2.45) is 0 Å². The zero-order chi connectivity index (χ0) is 23.5. The summed E-state index contributed by atoms with van der Waals surface area (Å²) in [6, 6.07) is 21.8. The van der Waals surface area contributed by atoms with Crippen molar-refractivity contribution in [2.75, 3.05) is 19.1 Å². The van der Waals surface area contributed by atoms with E-state index in [-0.39, 0.29) is 22.1 Å². The van der Waals surface area contributed by atoms with Crippen LogP contribution in [-0.2, 0) is 10.0 Å². The Morgan fingerprint density at radius 2 is 1.56 bits per heavy atom. The number of carbonyl (C=O) groups is 1. The summed E-state index contributed by atoms with van der Waals surface area (Å²) in [6.07, 6.45) is 0. The van der Waals surface area contributed by atoms with E-state index in [1.807, 2.05) is 54.6 Å². The van der Waals surface area contributed by atoms with E-state index in [4.69, 9.17) is 4.74 Å². The highest BCUT2D eigenvalue weighted by atomic mass is 32.2. The summed E-state index contributed by atoms with van der Waals surface area (Å²) in [6.45, 7) is 5.25. The summed E-state index contributed by atoms with van der Waals surface area (Å²) in [4.78, 5) is 14.8. The molecule has 0 aliphatic carbocycles. The van der Waals surface area contributed by atoms with E-state index in [9.17, 15) is 13.2 Å². The fraction of sp³-hybridized carbons (Fsp3) is 0.240. The summed E-state index contributed by atoms with van der Waals surface area (Å²) in [5.41, 5.74) is 2.16. The van der Waals surface area contributed by atoms with Gasteiger partial charge in [-0.25, -0.2) is 13.1 Å². The summed E-state index contributed by atoms with van der Waals surface area (Å²) >= 11 is 0. The number of anilines is 1. The largest absolute Gasteiger partial charge is 0.495 e. The van der Waals surface area contributed by atoms with Crippen LogP contribution < -0.4 is 14.4 Å². The fourth-order valence-corrected chi connectivity index (χ4v) is 5.02. The van der Waals surface area contributed by atoms with Gasteiger partial charge in [0.05, 0.1) is 12.8 Å². The highest BCUT2D eigenvalue weighted by Crippen LogP contribution is 2.32. The molecule has 0 fully saturated rings. The van der Waals surface area contributed by atoms with Crippen molar-refractivity contribution in [1.29, 1.82) is 0 Å². The first-order chi connectivity index (χ1) is 15.0. The van der Waals surface area contributed by atoms with Gasteiger partial charge in [-0.05, 0) is 50.6 Å². The molecule has 168 valence electrons. The molecule has 0 bridgehead atoms. The van der Waals surface area contributed by atoms with Gasteiger partial charge in [0, 0.05) is 23.7 Å². The third kappa shape index (κ3) is 5.18.